The zero-order chi connectivity index (χ0) is 17.6. The molecule has 25 heavy (non-hydrogen) atoms. The normalized spacial score (nSPS) is 11.8. The van der Waals surface area contributed by atoms with Gasteiger partial charge in [0.1, 0.15) is 5.75 Å². The molecule has 0 aliphatic carbocycles. The van der Waals surface area contributed by atoms with Gasteiger partial charge in [-0.1, -0.05) is 30.3 Å². The van der Waals surface area contributed by atoms with E-state index in [1.54, 1.807) is 12.5 Å². The number of amides is 1. The van der Waals surface area contributed by atoms with Gasteiger partial charge >= 0.3 is 0 Å². The van der Waals surface area contributed by atoms with Crippen molar-refractivity contribution in [3.63, 3.8) is 0 Å². The Morgan fingerprint density at radius 1 is 1.20 bits per heavy atom. The monoisotopic (exact) mass is 335 g/mol. The summed E-state index contributed by atoms with van der Waals surface area (Å²) in [5.41, 5.74) is 3.08. The van der Waals surface area contributed by atoms with Crippen molar-refractivity contribution in [1.82, 2.24) is 14.9 Å². The van der Waals surface area contributed by atoms with Crippen molar-refractivity contribution < 1.29 is 9.53 Å². The molecule has 128 valence electrons. The third kappa shape index (κ3) is 4.26. The Balaban J connectivity index is 1.55. The van der Waals surface area contributed by atoms with Crippen molar-refractivity contribution in [2.24, 2.45) is 0 Å². The zero-order valence-electron chi connectivity index (χ0n) is 14.3. The molecule has 0 aliphatic heterocycles. The summed E-state index contributed by atoms with van der Waals surface area (Å²) in [7, 11) is 0. The number of aromatic nitrogens is 2. The number of benzene rings is 2. The second kappa shape index (κ2) is 7.66. The quantitative estimate of drug-likeness (QED) is 0.751. The van der Waals surface area contributed by atoms with E-state index in [2.05, 4.69) is 10.3 Å². The Morgan fingerprint density at radius 3 is 2.64 bits per heavy atom. The van der Waals surface area contributed by atoms with Crippen LogP contribution in [-0.2, 0) is 4.79 Å². The first-order chi connectivity index (χ1) is 12.1. The van der Waals surface area contributed by atoms with Crippen LogP contribution >= 0.6 is 0 Å². The number of nitrogens with zero attached hydrogens (tertiary/aromatic N) is 2. The number of ether oxygens (including phenoxy) is 1. The maximum atomic E-state index is 12.1. The molecular weight excluding hydrogens is 314 g/mol. The van der Waals surface area contributed by atoms with Crippen LogP contribution < -0.4 is 10.1 Å². The summed E-state index contributed by atoms with van der Waals surface area (Å²) in [6, 6.07) is 15.6. The fraction of sp³-hybridized carbons (Fsp3) is 0.200. The largest absolute Gasteiger partial charge is 0.484 e. The van der Waals surface area contributed by atoms with Crippen molar-refractivity contribution in [2.75, 3.05) is 6.61 Å². The van der Waals surface area contributed by atoms with Crippen LogP contribution in [0.3, 0.4) is 0 Å². The maximum absolute atomic E-state index is 12.1. The first-order valence-electron chi connectivity index (χ1n) is 8.19. The molecule has 1 N–H and O–H groups in total. The number of nitrogens with one attached hydrogen (secondary N) is 1. The topological polar surface area (TPSA) is 56.1 Å². The molecule has 1 atom stereocenters. The highest BCUT2D eigenvalue weighted by Crippen LogP contribution is 2.17. The molecule has 1 heterocycles. The molecule has 5 heteroatoms. The highest BCUT2D eigenvalue weighted by Gasteiger charge is 2.11. The highest BCUT2D eigenvalue weighted by atomic mass is 16.5. The summed E-state index contributed by atoms with van der Waals surface area (Å²) in [4.78, 5) is 16.2. The number of para-hydroxylation sites is 1. The van der Waals surface area contributed by atoms with Crippen LogP contribution in [0.2, 0.25) is 0 Å². The van der Waals surface area contributed by atoms with Gasteiger partial charge in [-0.3, -0.25) is 4.79 Å². The molecule has 0 bridgehead atoms. The number of aryl methyl sites for hydroxylation is 1. The van der Waals surface area contributed by atoms with E-state index in [9.17, 15) is 4.79 Å². The third-order valence-corrected chi connectivity index (χ3v) is 4.03. The van der Waals surface area contributed by atoms with Crippen molar-refractivity contribution in [3.8, 4) is 11.4 Å². The second-order valence-corrected chi connectivity index (χ2v) is 5.90. The number of carbonyl (C=O) groups is 1. The van der Waals surface area contributed by atoms with Crippen molar-refractivity contribution in [1.29, 1.82) is 0 Å². The van der Waals surface area contributed by atoms with Crippen LogP contribution in [0.25, 0.3) is 5.69 Å². The predicted molar refractivity (Wildman–Crippen MR) is 96.8 cm³/mol. The standard InChI is InChI=1S/C20H21N3O2/c1-15-5-3-4-6-19(15)25-13-20(24)22-16(2)17-7-9-18(10-8-17)23-12-11-21-14-23/h3-12,14,16H,13H2,1-2H3,(H,22,24)/t16-/m0/s1. The Morgan fingerprint density at radius 2 is 1.96 bits per heavy atom. The van der Waals surface area contributed by atoms with E-state index in [1.165, 1.54) is 0 Å². The second-order valence-electron chi connectivity index (χ2n) is 5.90. The zero-order valence-corrected chi connectivity index (χ0v) is 14.3. The van der Waals surface area contributed by atoms with E-state index in [-0.39, 0.29) is 18.6 Å². The molecule has 0 saturated heterocycles. The molecular formula is C20H21N3O2. The third-order valence-electron chi connectivity index (χ3n) is 4.03. The fourth-order valence-electron chi connectivity index (χ4n) is 2.58. The van der Waals surface area contributed by atoms with Crippen LogP contribution in [0.1, 0.15) is 24.1 Å². The summed E-state index contributed by atoms with van der Waals surface area (Å²) in [6.45, 7) is 3.91. The molecule has 1 amide bonds. The van der Waals surface area contributed by atoms with Crippen LogP contribution in [0.5, 0.6) is 5.75 Å². The summed E-state index contributed by atoms with van der Waals surface area (Å²) in [5.74, 6) is 0.587. The van der Waals surface area contributed by atoms with Crippen LogP contribution in [0, 0.1) is 6.92 Å². The average molecular weight is 335 g/mol. The van der Waals surface area contributed by atoms with E-state index in [0.717, 1.165) is 22.6 Å². The SMILES string of the molecule is Cc1ccccc1OCC(=O)N[C@@H](C)c1ccc(-n2ccnc2)cc1. The maximum Gasteiger partial charge on any atom is 0.258 e. The van der Waals surface area contributed by atoms with E-state index in [4.69, 9.17) is 4.74 Å². The van der Waals surface area contributed by atoms with Gasteiger partial charge in [-0.2, -0.15) is 0 Å². The fourth-order valence-corrected chi connectivity index (χ4v) is 2.58. The lowest BCUT2D eigenvalue weighted by molar-refractivity contribution is -0.123. The summed E-state index contributed by atoms with van der Waals surface area (Å²) in [6.07, 6.45) is 5.39. The molecule has 2 aromatic carbocycles. The molecule has 0 saturated carbocycles. The van der Waals surface area contributed by atoms with Crippen molar-refractivity contribution in [2.45, 2.75) is 19.9 Å². The number of hydrogen-bond acceptors (Lipinski definition) is 3. The first-order valence-corrected chi connectivity index (χ1v) is 8.19. The lowest BCUT2D eigenvalue weighted by Crippen LogP contribution is -2.31. The summed E-state index contributed by atoms with van der Waals surface area (Å²) in [5, 5.41) is 2.96. The minimum atomic E-state index is -0.144. The van der Waals surface area contributed by atoms with Gasteiger partial charge in [-0.05, 0) is 43.2 Å². The van der Waals surface area contributed by atoms with Gasteiger partial charge in [0.25, 0.3) is 5.91 Å². The van der Waals surface area contributed by atoms with Crippen molar-refractivity contribution >= 4 is 5.91 Å². The number of hydrogen-bond donors (Lipinski definition) is 1. The predicted octanol–water partition coefficient (Wildman–Crippen LogP) is 3.44. The van der Waals surface area contributed by atoms with Crippen LogP contribution in [0.4, 0.5) is 0 Å². The number of rotatable bonds is 6. The molecule has 0 radical (unpaired) electrons. The van der Waals surface area contributed by atoms with Gasteiger partial charge in [0, 0.05) is 18.1 Å². The molecule has 0 spiro atoms. The number of carbonyl (C=O) groups excluding carboxylic acids is 1. The molecule has 0 fully saturated rings. The minimum Gasteiger partial charge on any atom is -0.484 e. The average Bonchev–Trinajstić information content (AvgIpc) is 3.16. The molecule has 0 aliphatic rings. The Bertz CT molecular complexity index is 826. The summed E-state index contributed by atoms with van der Waals surface area (Å²) >= 11 is 0. The lowest BCUT2D eigenvalue weighted by Gasteiger charge is -2.16. The molecule has 5 nitrogen and oxygen atoms in total. The molecule has 1 aromatic heterocycles. The van der Waals surface area contributed by atoms with E-state index < -0.39 is 0 Å². The van der Waals surface area contributed by atoms with Gasteiger partial charge < -0.3 is 14.6 Å². The van der Waals surface area contributed by atoms with Gasteiger partial charge in [-0.25, -0.2) is 4.98 Å². The van der Waals surface area contributed by atoms with E-state index in [0.29, 0.717) is 0 Å². The Hall–Kier alpha value is -3.08. The lowest BCUT2D eigenvalue weighted by atomic mass is 10.1. The minimum absolute atomic E-state index is 0.00230. The van der Waals surface area contributed by atoms with E-state index >= 15 is 0 Å². The molecule has 0 unspecified atom stereocenters. The van der Waals surface area contributed by atoms with Gasteiger partial charge in [0.15, 0.2) is 6.61 Å². The molecule has 3 rings (SSSR count). The Kier molecular flexibility index (Phi) is 5.14. The van der Waals surface area contributed by atoms with Crippen LogP contribution in [0.15, 0.2) is 67.3 Å². The smallest absolute Gasteiger partial charge is 0.258 e. The first kappa shape index (κ1) is 16.8. The van der Waals surface area contributed by atoms with Gasteiger partial charge in [0.05, 0.1) is 12.4 Å². The summed E-state index contributed by atoms with van der Waals surface area (Å²) < 4.78 is 7.51. The van der Waals surface area contributed by atoms with Gasteiger partial charge in [-0.15, -0.1) is 0 Å². The van der Waals surface area contributed by atoms with Gasteiger partial charge in [0.2, 0.25) is 0 Å². The van der Waals surface area contributed by atoms with Crippen LogP contribution in [-0.4, -0.2) is 22.1 Å². The van der Waals surface area contributed by atoms with E-state index in [1.807, 2.05) is 73.1 Å². The Labute approximate surface area is 147 Å². The molecule has 3 aromatic rings. The number of imidazole rings is 1. The highest BCUT2D eigenvalue weighted by molar-refractivity contribution is 5.78. The van der Waals surface area contributed by atoms with Crippen molar-refractivity contribution in [3.05, 3.63) is 78.4 Å².